The zero-order valence-electron chi connectivity index (χ0n) is 13.6. The predicted octanol–water partition coefficient (Wildman–Crippen LogP) is 4.72. The summed E-state index contributed by atoms with van der Waals surface area (Å²) >= 11 is 6.23. The van der Waals surface area contributed by atoms with Crippen LogP contribution in [0.3, 0.4) is 0 Å². The molecule has 0 saturated heterocycles. The Morgan fingerprint density at radius 3 is 2.77 bits per heavy atom. The quantitative estimate of drug-likeness (QED) is 0.569. The predicted molar refractivity (Wildman–Crippen MR) is 101 cm³/mol. The number of carbonyl (C=O) groups is 1. The molecule has 0 aliphatic carbocycles. The number of oxazole rings is 1. The fourth-order valence-electron chi connectivity index (χ4n) is 2.63. The van der Waals surface area contributed by atoms with Gasteiger partial charge in [0.25, 0.3) is 0 Å². The lowest BCUT2D eigenvalue weighted by molar-refractivity contribution is -0.115. The molecule has 2 aromatic heterocycles. The van der Waals surface area contributed by atoms with Gasteiger partial charge in [-0.25, -0.2) is 4.98 Å². The highest BCUT2D eigenvalue weighted by molar-refractivity contribution is 6.33. The van der Waals surface area contributed by atoms with Gasteiger partial charge in [0.1, 0.15) is 5.52 Å². The number of fused-ring (bicyclic) bond motifs is 1. The Morgan fingerprint density at radius 1 is 1.12 bits per heavy atom. The van der Waals surface area contributed by atoms with Gasteiger partial charge >= 0.3 is 0 Å². The average Bonchev–Trinajstić information content (AvgIpc) is 3.08. The number of nitrogens with one attached hydrogen (secondary N) is 1. The summed E-state index contributed by atoms with van der Waals surface area (Å²) in [5.41, 5.74) is 3.50. The Hall–Kier alpha value is -3.18. The fourth-order valence-corrected chi connectivity index (χ4v) is 2.80. The van der Waals surface area contributed by atoms with Crippen LogP contribution < -0.4 is 5.32 Å². The topological polar surface area (TPSA) is 68.0 Å². The Balaban J connectivity index is 1.59. The van der Waals surface area contributed by atoms with Crippen LogP contribution in [0.2, 0.25) is 5.02 Å². The first-order chi connectivity index (χ1) is 12.7. The monoisotopic (exact) mass is 363 g/mol. The molecule has 0 spiro atoms. The summed E-state index contributed by atoms with van der Waals surface area (Å²) in [5.74, 6) is 0.306. The summed E-state index contributed by atoms with van der Waals surface area (Å²) in [6.45, 7) is 0. The van der Waals surface area contributed by atoms with Crippen molar-refractivity contribution >= 4 is 34.3 Å². The van der Waals surface area contributed by atoms with E-state index in [1.165, 1.54) is 0 Å². The summed E-state index contributed by atoms with van der Waals surface area (Å²) in [6.07, 6.45) is 3.56. The van der Waals surface area contributed by atoms with Gasteiger partial charge < -0.3 is 9.73 Å². The molecular formula is C20H14ClN3O2. The maximum absolute atomic E-state index is 12.3. The minimum absolute atomic E-state index is 0.142. The van der Waals surface area contributed by atoms with E-state index in [1.807, 2.05) is 30.3 Å². The number of halogens is 1. The zero-order chi connectivity index (χ0) is 17.9. The standard InChI is InChI=1S/C20H14ClN3O2/c21-15-7-6-14(20-24-17-12-22-9-8-18(17)26-20)11-16(15)23-19(25)10-13-4-2-1-3-5-13/h1-9,11-12H,10H2,(H,23,25). The highest BCUT2D eigenvalue weighted by atomic mass is 35.5. The van der Waals surface area contributed by atoms with Crippen LogP contribution in [0.5, 0.6) is 0 Å². The van der Waals surface area contributed by atoms with Crippen molar-refractivity contribution in [3.05, 3.63) is 77.6 Å². The molecule has 0 unspecified atom stereocenters. The molecule has 0 aliphatic heterocycles. The molecule has 128 valence electrons. The number of rotatable bonds is 4. The third-order valence-electron chi connectivity index (χ3n) is 3.88. The van der Waals surface area contributed by atoms with E-state index in [1.54, 1.807) is 36.7 Å². The molecule has 1 N–H and O–H groups in total. The highest BCUT2D eigenvalue weighted by Gasteiger charge is 2.12. The Kier molecular flexibility index (Phi) is 4.37. The first kappa shape index (κ1) is 16.3. The lowest BCUT2D eigenvalue weighted by atomic mass is 10.1. The summed E-state index contributed by atoms with van der Waals surface area (Å²) < 4.78 is 5.74. The number of pyridine rings is 1. The van der Waals surface area contributed by atoms with E-state index >= 15 is 0 Å². The van der Waals surface area contributed by atoms with Crippen molar-refractivity contribution < 1.29 is 9.21 Å². The smallest absolute Gasteiger partial charge is 0.228 e. The number of amides is 1. The highest BCUT2D eigenvalue weighted by Crippen LogP contribution is 2.30. The van der Waals surface area contributed by atoms with Crippen molar-refractivity contribution in [2.45, 2.75) is 6.42 Å². The van der Waals surface area contributed by atoms with Gasteiger partial charge in [-0.05, 0) is 23.8 Å². The van der Waals surface area contributed by atoms with Crippen LogP contribution in [0.25, 0.3) is 22.6 Å². The van der Waals surface area contributed by atoms with Crippen LogP contribution in [0.15, 0.2) is 71.4 Å². The third-order valence-corrected chi connectivity index (χ3v) is 4.21. The number of hydrogen-bond acceptors (Lipinski definition) is 4. The van der Waals surface area contributed by atoms with Gasteiger partial charge in [-0.2, -0.15) is 0 Å². The van der Waals surface area contributed by atoms with Crippen molar-refractivity contribution in [3.63, 3.8) is 0 Å². The molecule has 2 heterocycles. The van der Waals surface area contributed by atoms with Crippen LogP contribution in [0, 0.1) is 0 Å². The molecular weight excluding hydrogens is 350 g/mol. The number of hydrogen-bond donors (Lipinski definition) is 1. The molecule has 0 saturated carbocycles. The van der Waals surface area contributed by atoms with Crippen molar-refractivity contribution in [1.29, 1.82) is 0 Å². The Morgan fingerprint density at radius 2 is 1.96 bits per heavy atom. The summed E-state index contributed by atoms with van der Waals surface area (Å²) in [6, 6.07) is 16.5. The molecule has 4 aromatic rings. The maximum Gasteiger partial charge on any atom is 0.228 e. The van der Waals surface area contributed by atoms with Gasteiger partial charge in [-0.1, -0.05) is 41.9 Å². The van der Waals surface area contributed by atoms with Gasteiger partial charge in [-0.3, -0.25) is 9.78 Å². The molecule has 4 rings (SSSR count). The maximum atomic E-state index is 12.3. The van der Waals surface area contributed by atoms with E-state index in [0.717, 1.165) is 11.1 Å². The molecule has 5 nitrogen and oxygen atoms in total. The lowest BCUT2D eigenvalue weighted by Crippen LogP contribution is -2.14. The summed E-state index contributed by atoms with van der Waals surface area (Å²) in [4.78, 5) is 20.8. The minimum atomic E-state index is -0.142. The number of anilines is 1. The SMILES string of the molecule is O=C(Cc1ccccc1)Nc1cc(-c2nc3cnccc3o2)ccc1Cl. The van der Waals surface area contributed by atoms with Gasteiger partial charge in [0.2, 0.25) is 11.8 Å². The number of carbonyl (C=O) groups excluding carboxylic acids is 1. The van der Waals surface area contributed by atoms with Crippen molar-refractivity contribution in [2.24, 2.45) is 0 Å². The van der Waals surface area contributed by atoms with Gasteiger partial charge in [0.15, 0.2) is 5.58 Å². The lowest BCUT2D eigenvalue weighted by Gasteiger charge is -2.08. The summed E-state index contributed by atoms with van der Waals surface area (Å²) in [5, 5.41) is 3.30. The first-order valence-electron chi connectivity index (χ1n) is 8.03. The van der Waals surface area contributed by atoms with Gasteiger partial charge in [0.05, 0.1) is 23.3 Å². The van der Waals surface area contributed by atoms with Crippen LogP contribution in [-0.4, -0.2) is 15.9 Å². The second-order valence-corrected chi connectivity index (χ2v) is 6.17. The van der Waals surface area contributed by atoms with Crippen molar-refractivity contribution in [1.82, 2.24) is 9.97 Å². The van der Waals surface area contributed by atoms with E-state index in [4.69, 9.17) is 16.0 Å². The molecule has 0 atom stereocenters. The van der Waals surface area contributed by atoms with E-state index in [-0.39, 0.29) is 12.3 Å². The van der Waals surface area contributed by atoms with E-state index in [0.29, 0.717) is 27.7 Å². The summed E-state index contributed by atoms with van der Waals surface area (Å²) in [7, 11) is 0. The number of aromatic nitrogens is 2. The molecule has 1 amide bonds. The second kappa shape index (κ2) is 6.98. The van der Waals surface area contributed by atoms with Crippen LogP contribution in [0.1, 0.15) is 5.56 Å². The second-order valence-electron chi connectivity index (χ2n) is 5.77. The molecule has 6 heteroatoms. The van der Waals surface area contributed by atoms with E-state index in [9.17, 15) is 4.79 Å². The Labute approximate surface area is 154 Å². The van der Waals surface area contributed by atoms with Crippen molar-refractivity contribution in [2.75, 3.05) is 5.32 Å². The van der Waals surface area contributed by atoms with Crippen LogP contribution in [-0.2, 0) is 11.2 Å². The minimum Gasteiger partial charge on any atom is -0.436 e. The molecule has 0 aliphatic rings. The fraction of sp³-hybridized carbons (Fsp3) is 0.0500. The normalized spacial score (nSPS) is 10.8. The molecule has 2 aromatic carbocycles. The number of benzene rings is 2. The van der Waals surface area contributed by atoms with E-state index in [2.05, 4.69) is 15.3 Å². The zero-order valence-corrected chi connectivity index (χ0v) is 14.4. The van der Waals surface area contributed by atoms with Crippen LogP contribution >= 0.6 is 11.6 Å². The van der Waals surface area contributed by atoms with Gasteiger partial charge in [-0.15, -0.1) is 0 Å². The molecule has 0 fully saturated rings. The van der Waals surface area contributed by atoms with Crippen LogP contribution in [0.4, 0.5) is 5.69 Å². The Bertz CT molecular complexity index is 1040. The molecule has 0 radical (unpaired) electrons. The average molecular weight is 364 g/mol. The van der Waals surface area contributed by atoms with E-state index < -0.39 is 0 Å². The van der Waals surface area contributed by atoms with Crippen molar-refractivity contribution in [3.8, 4) is 11.5 Å². The molecule has 26 heavy (non-hydrogen) atoms. The first-order valence-corrected chi connectivity index (χ1v) is 8.41. The molecule has 0 bridgehead atoms. The van der Waals surface area contributed by atoms with Gasteiger partial charge in [0, 0.05) is 17.8 Å². The largest absolute Gasteiger partial charge is 0.436 e. The third kappa shape index (κ3) is 3.43. The number of nitrogens with zero attached hydrogens (tertiary/aromatic N) is 2.